The van der Waals surface area contributed by atoms with E-state index in [0.29, 0.717) is 18.3 Å². The molecule has 10 nitrogen and oxygen atoms in total. The van der Waals surface area contributed by atoms with E-state index in [2.05, 4.69) is 31.2 Å². The van der Waals surface area contributed by atoms with Crippen molar-refractivity contribution in [2.45, 2.75) is 69.6 Å². The van der Waals surface area contributed by atoms with Gasteiger partial charge in [-0.15, -0.1) is 0 Å². The fourth-order valence-corrected chi connectivity index (χ4v) is 4.50. The lowest BCUT2D eigenvalue weighted by atomic mass is 9.91. The highest BCUT2D eigenvalue weighted by molar-refractivity contribution is 6.11. The van der Waals surface area contributed by atoms with E-state index < -0.39 is 6.04 Å². The largest absolute Gasteiger partial charge is 0.379 e. The Morgan fingerprint density at radius 1 is 0.970 bits per heavy atom. The van der Waals surface area contributed by atoms with Crippen molar-refractivity contribution in [2.75, 3.05) is 11.9 Å². The Balaban J connectivity index is 1.28. The van der Waals surface area contributed by atoms with Crippen molar-refractivity contribution in [3.63, 3.8) is 0 Å². The third kappa shape index (κ3) is 5.15. The molecule has 1 aromatic heterocycles. The van der Waals surface area contributed by atoms with Crippen LogP contribution < -0.4 is 21.3 Å². The van der Waals surface area contributed by atoms with Crippen LogP contribution in [-0.2, 0) is 9.59 Å². The lowest BCUT2D eigenvalue weighted by Crippen LogP contribution is -2.49. The Morgan fingerprint density at radius 3 is 2.33 bits per heavy atom. The third-order valence-corrected chi connectivity index (χ3v) is 6.34. The quantitative estimate of drug-likeness (QED) is 0.515. The van der Waals surface area contributed by atoms with Crippen molar-refractivity contribution in [3.05, 3.63) is 36.3 Å². The molecule has 174 valence electrons. The first-order valence-corrected chi connectivity index (χ1v) is 11.7. The number of carbonyl (C=O) groups is 2. The molecule has 2 aliphatic carbocycles. The first-order valence-electron chi connectivity index (χ1n) is 11.7. The molecule has 1 atom stereocenters. The van der Waals surface area contributed by atoms with Gasteiger partial charge in [-0.2, -0.15) is 5.10 Å². The molecule has 4 N–H and O–H groups in total. The maximum absolute atomic E-state index is 13.0. The molecular weight excluding hydrogens is 420 g/mol. The van der Waals surface area contributed by atoms with Crippen molar-refractivity contribution in [2.24, 2.45) is 10.1 Å². The third-order valence-electron chi connectivity index (χ3n) is 6.34. The van der Waals surface area contributed by atoms with E-state index in [1.807, 2.05) is 6.08 Å². The lowest BCUT2D eigenvalue weighted by Gasteiger charge is -2.32. The molecule has 10 heteroatoms. The molecule has 0 aromatic carbocycles. The molecule has 0 spiro atoms. The summed E-state index contributed by atoms with van der Waals surface area (Å²) >= 11 is 0. The first-order chi connectivity index (χ1) is 16.0. The Hall–Kier alpha value is -3.43. The topological polar surface area (TPSA) is 123 Å². The van der Waals surface area contributed by atoms with Gasteiger partial charge in [-0.05, 0) is 50.7 Å². The van der Waals surface area contributed by atoms with Crippen LogP contribution in [0.4, 0.5) is 5.69 Å². The van der Waals surface area contributed by atoms with Gasteiger partial charge in [-0.1, -0.05) is 0 Å². The summed E-state index contributed by atoms with van der Waals surface area (Å²) in [6, 6.07) is 3.99. The molecule has 3 heterocycles. The Labute approximate surface area is 193 Å². The van der Waals surface area contributed by atoms with Crippen LogP contribution >= 0.6 is 0 Å². The number of nitrogens with one attached hydrogen (secondary N) is 4. The van der Waals surface area contributed by atoms with E-state index in [4.69, 9.17) is 5.10 Å². The van der Waals surface area contributed by atoms with Crippen molar-refractivity contribution in [3.8, 4) is 0 Å². The van der Waals surface area contributed by atoms with Gasteiger partial charge in [-0.25, -0.2) is 5.01 Å². The minimum absolute atomic E-state index is 0.0266. The normalized spacial score (nSPS) is 26.4. The van der Waals surface area contributed by atoms with Gasteiger partial charge in [0.05, 0.1) is 12.2 Å². The van der Waals surface area contributed by atoms with Gasteiger partial charge in [0.15, 0.2) is 11.9 Å². The van der Waals surface area contributed by atoms with Crippen molar-refractivity contribution in [1.82, 2.24) is 25.9 Å². The molecule has 0 radical (unpaired) electrons. The molecule has 2 aliphatic heterocycles. The number of amides is 2. The number of pyridine rings is 1. The number of hydrogen-bond acceptors (Lipinski definition) is 8. The molecule has 5 rings (SSSR count). The minimum Gasteiger partial charge on any atom is -0.379 e. The van der Waals surface area contributed by atoms with E-state index in [1.165, 1.54) is 0 Å². The summed E-state index contributed by atoms with van der Waals surface area (Å²) in [7, 11) is 0. The van der Waals surface area contributed by atoms with E-state index in [0.717, 1.165) is 55.9 Å². The van der Waals surface area contributed by atoms with Gasteiger partial charge in [0.2, 0.25) is 5.91 Å². The Bertz CT molecular complexity index is 993. The summed E-state index contributed by atoms with van der Waals surface area (Å²) < 4.78 is 0. The molecule has 2 amide bonds. The Kier molecular flexibility index (Phi) is 5.97. The van der Waals surface area contributed by atoms with Crippen LogP contribution in [0.2, 0.25) is 0 Å². The summed E-state index contributed by atoms with van der Waals surface area (Å²) in [5.41, 5.74) is 1.62. The maximum atomic E-state index is 13.0. The van der Waals surface area contributed by atoms with Crippen LogP contribution in [0, 0.1) is 0 Å². The number of rotatable bonds is 6. The second-order valence-corrected chi connectivity index (χ2v) is 9.11. The van der Waals surface area contributed by atoms with E-state index in [-0.39, 0.29) is 23.9 Å². The average Bonchev–Trinajstić information content (AvgIpc) is 3.51. The molecule has 0 bridgehead atoms. The van der Waals surface area contributed by atoms with Gasteiger partial charge in [-0.3, -0.25) is 19.6 Å². The summed E-state index contributed by atoms with van der Waals surface area (Å²) in [6.07, 6.45) is 11.4. The van der Waals surface area contributed by atoms with Crippen LogP contribution in [0.1, 0.15) is 45.4 Å². The van der Waals surface area contributed by atoms with E-state index in [1.54, 1.807) is 36.5 Å². The fourth-order valence-electron chi connectivity index (χ4n) is 4.50. The number of fused-ring (bicyclic) bond motifs is 1. The SMILES string of the molecule is CC(=O)N[C@H]1CC[C@H](NC2=NN3C(=NCC3C(=O)Nc3ccncc3)C(NC3CC3)=C2)CC1. The van der Waals surface area contributed by atoms with Gasteiger partial charge in [0, 0.05) is 49.2 Å². The molecule has 2 fully saturated rings. The molecule has 33 heavy (non-hydrogen) atoms. The van der Waals surface area contributed by atoms with Crippen LogP contribution in [-0.4, -0.2) is 64.2 Å². The number of hydrazone groups is 1. The predicted molar refractivity (Wildman–Crippen MR) is 125 cm³/mol. The first kappa shape index (κ1) is 21.4. The van der Waals surface area contributed by atoms with E-state index >= 15 is 0 Å². The molecule has 4 aliphatic rings. The van der Waals surface area contributed by atoms with Gasteiger partial charge in [0.1, 0.15) is 5.84 Å². The predicted octanol–water partition coefficient (Wildman–Crippen LogP) is 1.10. The molecule has 0 saturated heterocycles. The van der Waals surface area contributed by atoms with Crippen molar-refractivity contribution >= 4 is 29.2 Å². The number of amidine groups is 2. The minimum atomic E-state index is -0.509. The van der Waals surface area contributed by atoms with Crippen LogP contribution in [0.25, 0.3) is 0 Å². The van der Waals surface area contributed by atoms with Crippen molar-refractivity contribution < 1.29 is 9.59 Å². The zero-order valence-electron chi connectivity index (χ0n) is 18.8. The summed E-state index contributed by atoms with van der Waals surface area (Å²) in [5, 5.41) is 19.6. The smallest absolute Gasteiger partial charge is 0.251 e. The second kappa shape index (κ2) is 9.21. The standard InChI is InChI=1S/C23H30N8O2/c1-14(32)26-15-2-6-17(7-3-15)28-21-12-19(27-16-4-5-16)22-25-13-20(31(22)30-21)23(33)29-18-8-10-24-11-9-18/h8-12,15-17,20,27H,2-7,13H2,1H3,(H,26,32)(H,28,30)(H,24,29,33)/t15-,17-,20?. The highest BCUT2D eigenvalue weighted by atomic mass is 16.2. The van der Waals surface area contributed by atoms with E-state index in [9.17, 15) is 9.59 Å². The number of aromatic nitrogens is 1. The average molecular weight is 451 g/mol. The number of anilines is 1. The Morgan fingerprint density at radius 2 is 1.64 bits per heavy atom. The fraction of sp³-hybridized carbons (Fsp3) is 0.522. The van der Waals surface area contributed by atoms with Gasteiger partial charge < -0.3 is 21.3 Å². The summed E-state index contributed by atoms with van der Waals surface area (Å²) in [5.74, 6) is 1.34. The second-order valence-electron chi connectivity index (χ2n) is 9.11. The monoisotopic (exact) mass is 450 g/mol. The van der Waals surface area contributed by atoms with Crippen LogP contribution in [0.5, 0.6) is 0 Å². The van der Waals surface area contributed by atoms with Gasteiger partial charge in [0.25, 0.3) is 5.91 Å². The molecule has 2 saturated carbocycles. The molecule has 1 unspecified atom stereocenters. The lowest BCUT2D eigenvalue weighted by molar-refractivity contribution is -0.120. The number of hydrogen-bond donors (Lipinski definition) is 4. The zero-order valence-corrected chi connectivity index (χ0v) is 18.8. The van der Waals surface area contributed by atoms with Crippen molar-refractivity contribution in [1.29, 1.82) is 0 Å². The van der Waals surface area contributed by atoms with Gasteiger partial charge >= 0.3 is 0 Å². The van der Waals surface area contributed by atoms with Crippen LogP contribution in [0.15, 0.2) is 46.4 Å². The summed E-state index contributed by atoms with van der Waals surface area (Å²) in [6.45, 7) is 1.92. The van der Waals surface area contributed by atoms with Crippen LogP contribution in [0.3, 0.4) is 0 Å². The highest BCUT2D eigenvalue weighted by Crippen LogP contribution is 2.26. The maximum Gasteiger partial charge on any atom is 0.251 e. The molecule has 1 aromatic rings. The number of carbonyl (C=O) groups excluding carboxylic acids is 2. The zero-order chi connectivity index (χ0) is 22.8. The summed E-state index contributed by atoms with van der Waals surface area (Å²) in [4.78, 5) is 33.0. The highest BCUT2D eigenvalue weighted by Gasteiger charge is 2.39. The number of aliphatic imine (C=N–C) groups is 1. The molecular formula is C23H30N8O2. The number of nitrogens with zero attached hydrogens (tertiary/aromatic N) is 4.